The van der Waals surface area contributed by atoms with Gasteiger partial charge in [-0.1, -0.05) is 48.0 Å². The van der Waals surface area contributed by atoms with Gasteiger partial charge in [-0.25, -0.2) is 17.9 Å². The van der Waals surface area contributed by atoms with Gasteiger partial charge >= 0.3 is 5.97 Å². The van der Waals surface area contributed by atoms with E-state index in [0.29, 0.717) is 17.0 Å². The monoisotopic (exact) mass is 579 g/mol. The Morgan fingerprint density at radius 2 is 1.70 bits per heavy atom. The number of hydrogen-bond donors (Lipinski definition) is 1. The lowest BCUT2D eigenvalue weighted by Crippen LogP contribution is -2.23. The fourth-order valence-corrected chi connectivity index (χ4v) is 5.61. The molecular weight excluding hydrogens is 558 g/mol. The number of furan rings is 1. The van der Waals surface area contributed by atoms with Gasteiger partial charge in [0.05, 0.1) is 21.8 Å². The average molecular weight is 580 g/mol. The molecule has 2 heterocycles. The number of ketones is 1. The molecule has 0 atom stereocenters. The van der Waals surface area contributed by atoms with Gasteiger partial charge in [0.15, 0.2) is 12.4 Å². The molecule has 0 amide bonds. The van der Waals surface area contributed by atoms with Crippen molar-refractivity contribution in [1.29, 1.82) is 0 Å². The molecule has 0 aliphatic carbocycles. The number of nitrogens with one attached hydrogen (secondary N) is 1. The van der Waals surface area contributed by atoms with Crippen LogP contribution < -0.4 is 10.3 Å². The molecule has 0 aliphatic heterocycles. The minimum Gasteiger partial charge on any atom is -0.454 e. The van der Waals surface area contributed by atoms with Crippen molar-refractivity contribution in [1.82, 2.24) is 9.36 Å². The third kappa shape index (κ3) is 5.16. The molecule has 0 radical (unpaired) electrons. The molecule has 0 bridgehead atoms. The molecule has 2 aromatic heterocycles. The summed E-state index contributed by atoms with van der Waals surface area (Å²) in [5, 5.41) is 0.656. The zero-order chi connectivity index (χ0) is 28.6. The molecular formula is C28H22ClN3O7S. The summed E-state index contributed by atoms with van der Waals surface area (Å²) in [4.78, 5) is 38.0. The predicted molar refractivity (Wildman–Crippen MR) is 149 cm³/mol. The highest BCUT2D eigenvalue weighted by Gasteiger charge is 2.25. The van der Waals surface area contributed by atoms with E-state index in [2.05, 4.69) is 4.72 Å². The van der Waals surface area contributed by atoms with Gasteiger partial charge in [-0.05, 0) is 49.4 Å². The molecule has 40 heavy (non-hydrogen) atoms. The van der Waals surface area contributed by atoms with Gasteiger partial charge in [0.1, 0.15) is 11.3 Å². The van der Waals surface area contributed by atoms with Crippen molar-refractivity contribution >= 4 is 50.0 Å². The van der Waals surface area contributed by atoms with E-state index in [0.717, 1.165) is 17.5 Å². The fourth-order valence-electron chi connectivity index (χ4n) is 4.12. The van der Waals surface area contributed by atoms with E-state index >= 15 is 0 Å². The fraction of sp³-hybridized carbons (Fsp3) is 0.107. The molecule has 0 unspecified atom stereocenters. The van der Waals surface area contributed by atoms with Crippen LogP contribution in [0.3, 0.4) is 0 Å². The molecule has 0 fully saturated rings. The largest absolute Gasteiger partial charge is 0.454 e. The minimum atomic E-state index is -4.36. The summed E-state index contributed by atoms with van der Waals surface area (Å²) in [6.45, 7) is 0.965. The Balaban J connectivity index is 1.37. The molecule has 10 nitrogen and oxygen atoms in total. The third-order valence-corrected chi connectivity index (χ3v) is 7.79. The van der Waals surface area contributed by atoms with E-state index in [-0.39, 0.29) is 26.9 Å². The number of aromatic nitrogens is 2. The van der Waals surface area contributed by atoms with E-state index < -0.39 is 33.9 Å². The standard InChI is InChI=1S/C28H22ClN3O7S/c1-17-26(27(34)32(31(17)2)21-9-4-3-5-10-21)30-40(36,37)22-13-19(12-20(29)15-22)28(35)38-16-23(33)25-14-18-8-6-7-11-24(18)39-25/h3-15,30H,16H2,1-2H3. The van der Waals surface area contributed by atoms with Crippen LogP contribution in [0.1, 0.15) is 26.6 Å². The van der Waals surface area contributed by atoms with Crippen molar-refractivity contribution in [2.45, 2.75) is 11.8 Å². The number of anilines is 1. The molecule has 5 rings (SSSR count). The van der Waals surface area contributed by atoms with E-state index in [1.165, 1.54) is 15.4 Å². The number of carbonyl (C=O) groups is 2. The number of benzene rings is 3. The Hall–Kier alpha value is -4.61. The highest BCUT2D eigenvalue weighted by Crippen LogP contribution is 2.24. The van der Waals surface area contributed by atoms with Crippen LogP contribution in [0.25, 0.3) is 16.7 Å². The van der Waals surface area contributed by atoms with Gasteiger partial charge in [0, 0.05) is 17.5 Å². The van der Waals surface area contributed by atoms with Crippen LogP contribution in [0.2, 0.25) is 5.02 Å². The van der Waals surface area contributed by atoms with Crippen molar-refractivity contribution in [3.8, 4) is 5.69 Å². The molecule has 3 aromatic carbocycles. The smallest absolute Gasteiger partial charge is 0.338 e. The quantitative estimate of drug-likeness (QED) is 0.208. The Morgan fingerprint density at radius 3 is 2.42 bits per heavy atom. The van der Waals surface area contributed by atoms with Crippen LogP contribution in [0.15, 0.2) is 93.0 Å². The number of sulfonamides is 1. The lowest BCUT2D eigenvalue weighted by Gasteiger charge is -2.10. The highest BCUT2D eigenvalue weighted by molar-refractivity contribution is 7.92. The van der Waals surface area contributed by atoms with Crippen LogP contribution in [0.4, 0.5) is 5.69 Å². The summed E-state index contributed by atoms with van der Waals surface area (Å²) in [7, 11) is -2.74. The molecule has 0 aliphatic rings. The summed E-state index contributed by atoms with van der Waals surface area (Å²) < 4.78 is 42.3. The summed E-state index contributed by atoms with van der Waals surface area (Å²) in [6, 6.07) is 20.7. The maximum Gasteiger partial charge on any atom is 0.338 e. The predicted octanol–water partition coefficient (Wildman–Crippen LogP) is 4.72. The Morgan fingerprint density at radius 1 is 1.00 bits per heavy atom. The Kier molecular flexibility index (Phi) is 7.09. The van der Waals surface area contributed by atoms with Crippen LogP contribution in [0.5, 0.6) is 0 Å². The minimum absolute atomic E-state index is 0.0203. The second kappa shape index (κ2) is 10.5. The van der Waals surface area contributed by atoms with E-state index in [4.69, 9.17) is 20.8 Å². The zero-order valence-electron chi connectivity index (χ0n) is 21.3. The van der Waals surface area contributed by atoms with E-state index in [1.807, 2.05) is 0 Å². The van der Waals surface area contributed by atoms with Crippen LogP contribution in [-0.4, -0.2) is 36.1 Å². The van der Waals surface area contributed by atoms with Crippen molar-refractivity contribution in [3.63, 3.8) is 0 Å². The first-order valence-corrected chi connectivity index (χ1v) is 13.8. The number of carbonyl (C=O) groups excluding carboxylic acids is 2. The highest BCUT2D eigenvalue weighted by atomic mass is 35.5. The maximum absolute atomic E-state index is 13.3. The van der Waals surface area contributed by atoms with Gasteiger partial charge in [0.25, 0.3) is 15.6 Å². The maximum atomic E-state index is 13.3. The summed E-state index contributed by atoms with van der Waals surface area (Å²) in [5.41, 5.74) is 0.486. The van der Waals surface area contributed by atoms with Gasteiger partial charge in [-0.15, -0.1) is 0 Å². The van der Waals surface area contributed by atoms with Crippen molar-refractivity contribution in [3.05, 3.63) is 111 Å². The van der Waals surface area contributed by atoms with E-state index in [1.54, 1.807) is 74.6 Å². The summed E-state index contributed by atoms with van der Waals surface area (Å²) in [6.07, 6.45) is 0. The normalized spacial score (nSPS) is 11.5. The number of ether oxygens (including phenoxy) is 1. The lowest BCUT2D eigenvalue weighted by molar-refractivity contribution is 0.0468. The summed E-state index contributed by atoms with van der Waals surface area (Å²) in [5.74, 6) is -1.52. The van der Waals surface area contributed by atoms with Gasteiger partial charge in [-0.3, -0.25) is 19.0 Å². The van der Waals surface area contributed by atoms with E-state index in [9.17, 15) is 22.8 Å². The third-order valence-electron chi connectivity index (χ3n) is 6.24. The lowest BCUT2D eigenvalue weighted by atomic mass is 10.2. The SMILES string of the molecule is Cc1c(NS(=O)(=O)c2cc(Cl)cc(C(=O)OCC(=O)c3cc4ccccc4o3)c2)c(=O)n(-c2ccccc2)n1C. The number of fused-ring (bicyclic) bond motifs is 1. The number of esters is 1. The van der Waals surface area contributed by atoms with Crippen LogP contribution >= 0.6 is 11.6 Å². The molecule has 1 N–H and O–H groups in total. The summed E-state index contributed by atoms with van der Waals surface area (Å²) >= 11 is 6.13. The molecule has 0 saturated heterocycles. The number of Topliss-reactive ketones (excluding diaryl/α,β-unsaturated/α-hetero) is 1. The van der Waals surface area contributed by atoms with Gasteiger partial charge in [0.2, 0.25) is 5.78 Å². The van der Waals surface area contributed by atoms with Gasteiger partial charge in [-0.2, -0.15) is 0 Å². The molecule has 0 spiro atoms. The van der Waals surface area contributed by atoms with Crippen molar-refractivity contribution in [2.75, 3.05) is 11.3 Å². The average Bonchev–Trinajstić information content (AvgIpc) is 3.46. The van der Waals surface area contributed by atoms with Crippen molar-refractivity contribution in [2.24, 2.45) is 7.05 Å². The first-order chi connectivity index (χ1) is 19.0. The molecule has 0 saturated carbocycles. The topological polar surface area (TPSA) is 130 Å². The Bertz CT molecular complexity index is 1910. The Labute approximate surface area is 233 Å². The van der Waals surface area contributed by atoms with Gasteiger partial charge < -0.3 is 9.15 Å². The number of para-hydroxylation sites is 2. The molecule has 5 aromatic rings. The number of rotatable bonds is 8. The molecule has 12 heteroatoms. The number of hydrogen-bond acceptors (Lipinski definition) is 7. The first kappa shape index (κ1) is 27.0. The second-order valence-electron chi connectivity index (χ2n) is 8.87. The molecule has 204 valence electrons. The first-order valence-electron chi connectivity index (χ1n) is 11.9. The second-order valence-corrected chi connectivity index (χ2v) is 11.0. The van der Waals surface area contributed by atoms with Crippen molar-refractivity contribution < 1.29 is 27.2 Å². The number of nitrogens with zero attached hydrogens (tertiary/aromatic N) is 2. The van der Waals surface area contributed by atoms with Crippen LogP contribution in [0, 0.1) is 6.92 Å². The van der Waals surface area contributed by atoms with Crippen LogP contribution in [-0.2, 0) is 21.8 Å². The number of halogens is 1. The zero-order valence-corrected chi connectivity index (χ0v) is 22.8.